The van der Waals surface area contributed by atoms with Crippen LogP contribution in [0.15, 0.2) is 24.3 Å². The molecule has 0 fully saturated rings. The third-order valence-corrected chi connectivity index (χ3v) is 4.13. The molecular weight excluding hydrogens is 318 g/mol. The molecule has 0 N–H and O–H groups in total. The van der Waals surface area contributed by atoms with E-state index >= 15 is 0 Å². The molecule has 0 unspecified atom stereocenters. The van der Waals surface area contributed by atoms with Crippen LogP contribution in [-0.4, -0.2) is 47.3 Å². The molecule has 6 nitrogen and oxygen atoms in total. The van der Waals surface area contributed by atoms with E-state index in [9.17, 15) is 14.9 Å². The summed E-state index contributed by atoms with van der Waals surface area (Å²) in [7, 11) is 1.88. The van der Waals surface area contributed by atoms with Crippen LogP contribution in [0.3, 0.4) is 0 Å². The van der Waals surface area contributed by atoms with Gasteiger partial charge in [-0.25, -0.2) is 0 Å². The zero-order valence-corrected chi connectivity index (χ0v) is 16.2. The first kappa shape index (κ1) is 21.1. The third kappa shape index (κ3) is 6.82. The van der Waals surface area contributed by atoms with Crippen LogP contribution in [-0.2, 0) is 4.79 Å². The summed E-state index contributed by atoms with van der Waals surface area (Å²) in [5.41, 5.74) is 0.911. The molecule has 0 saturated heterocycles. The Labute approximate surface area is 151 Å². The highest BCUT2D eigenvalue weighted by Gasteiger charge is 2.21. The zero-order valence-electron chi connectivity index (χ0n) is 16.2. The van der Waals surface area contributed by atoms with Crippen LogP contribution in [0.1, 0.15) is 46.2 Å². The Bertz CT molecular complexity index is 577. The van der Waals surface area contributed by atoms with E-state index in [4.69, 9.17) is 0 Å². The Morgan fingerprint density at radius 2 is 1.68 bits per heavy atom. The number of carbonyl (C=O) groups excluding carboxylic acids is 1. The van der Waals surface area contributed by atoms with Crippen molar-refractivity contribution in [1.29, 1.82) is 0 Å². The first-order valence-corrected chi connectivity index (χ1v) is 8.84. The monoisotopic (exact) mass is 349 g/mol. The Hall–Kier alpha value is -1.95. The fourth-order valence-corrected chi connectivity index (χ4v) is 2.76. The smallest absolute Gasteiger partial charge is 0.269 e. The van der Waals surface area contributed by atoms with Crippen molar-refractivity contribution in [2.24, 2.45) is 11.8 Å². The average molecular weight is 349 g/mol. The third-order valence-electron chi connectivity index (χ3n) is 4.13. The van der Waals surface area contributed by atoms with E-state index in [2.05, 4.69) is 27.7 Å². The molecule has 140 valence electrons. The van der Waals surface area contributed by atoms with E-state index in [0.29, 0.717) is 18.4 Å². The van der Waals surface area contributed by atoms with Crippen molar-refractivity contribution in [3.05, 3.63) is 39.9 Å². The van der Waals surface area contributed by atoms with Gasteiger partial charge in [0.25, 0.3) is 5.69 Å². The lowest BCUT2D eigenvalue weighted by Gasteiger charge is -2.30. The van der Waals surface area contributed by atoms with Crippen molar-refractivity contribution in [1.82, 2.24) is 9.80 Å². The molecule has 1 amide bonds. The first-order chi connectivity index (χ1) is 11.6. The summed E-state index contributed by atoms with van der Waals surface area (Å²) in [5, 5.41) is 10.9. The van der Waals surface area contributed by atoms with Crippen LogP contribution in [0.4, 0.5) is 5.69 Å². The lowest BCUT2D eigenvalue weighted by molar-refractivity contribution is -0.384. The number of hydrogen-bond donors (Lipinski definition) is 0. The molecule has 1 atom stereocenters. The van der Waals surface area contributed by atoms with Crippen LogP contribution in [0.5, 0.6) is 0 Å². The predicted octanol–water partition coefficient (Wildman–Crippen LogP) is 3.73. The summed E-state index contributed by atoms with van der Waals surface area (Å²) in [5.74, 6) is 0.937. The minimum Gasteiger partial charge on any atom is -0.341 e. The maximum absolute atomic E-state index is 12.7. The molecule has 1 rings (SSSR count). The van der Waals surface area contributed by atoms with Gasteiger partial charge in [-0.2, -0.15) is 0 Å². The molecule has 1 aromatic carbocycles. The van der Waals surface area contributed by atoms with Gasteiger partial charge in [-0.3, -0.25) is 19.8 Å². The van der Waals surface area contributed by atoms with Gasteiger partial charge in [0.05, 0.1) is 11.5 Å². The van der Waals surface area contributed by atoms with Gasteiger partial charge in [0.15, 0.2) is 0 Å². The molecule has 25 heavy (non-hydrogen) atoms. The normalized spacial score (nSPS) is 12.7. The van der Waals surface area contributed by atoms with Crippen molar-refractivity contribution in [2.45, 2.75) is 40.7 Å². The number of carbonyl (C=O) groups is 1. The number of benzene rings is 1. The number of nitrogens with zero attached hydrogens (tertiary/aromatic N) is 3. The van der Waals surface area contributed by atoms with Crippen LogP contribution in [0.25, 0.3) is 0 Å². The maximum Gasteiger partial charge on any atom is 0.269 e. The number of non-ortho nitro benzene ring substituents is 1. The first-order valence-electron chi connectivity index (χ1n) is 8.84. The van der Waals surface area contributed by atoms with Gasteiger partial charge in [-0.05, 0) is 31.4 Å². The number of likely N-dealkylation sites (N-methyl/N-ethyl adjacent to an activating group) is 1. The molecular formula is C19H31N3O3. The van der Waals surface area contributed by atoms with Gasteiger partial charge < -0.3 is 4.90 Å². The Morgan fingerprint density at radius 1 is 1.12 bits per heavy atom. The molecule has 0 aromatic heterocycles. The minimum absolute atomic E-state index is 0.0744. The molecule has 0 aliphatic carbocycles. The van der Waals surface area contributed by atoms with E-state index in [-0.39, 0.29) is 17.6 Å². The molecule has 0 aliphatic heterocycles. The van der Waals surface area contributed by atoms with Crippen LogP contribution in [0, 0.1) is 22.0 Å². The SMILES string of the molecule is CC(C)CN(CC(C)C)C(=O)CN(C)[C@@H](C)c1cccc([N+](=O)[O-])c1. The molecule has 0 aliphatic rings. The highest BCUT2D eigenvalue weighted by molar-refractivity contribution is 5.78. The van der Waals surface area contributed by atoms with Gasteiger partial charge in [0.1, 0.15) is 0 Å². The predicted molar refractivity (Wildman–Crippen MR) is 100 cm³/mol. The second kappa shape index (κ2) is 9.51. The van der Waals surface area contributed by atoms with Gasteiger partial charge in [-0.15, -0.1) is 0 Å². The summed E-state index contributed by atoms with van der Waals surface area (Å²) in [6, 6.07) is 6.52. The number of hydrogen-bond acceptors (Lipinski definition) is 4. The van der Waals surface area contributed by atoms with E-state index in [1.165, 1.54) is 6.07 Å². The van der Waals surface area contributed by atoms with Crippen molar-refractivity contribution in [2.75, 3.05) is 26.7 Å². The number of amides is 1. The highest BCUT2D eigenvalue weighted by atomic mass is 16.6. The molecule has 0 bridgehead atoms. The lowest BCUT2D eigenvalue weighted by atomic mass is 10.1. The fraction of sp³-hybridized carbons (Fsp3) is 0.632. The zero-order chi connectivity index (χ0) is 19.1. The number of nitro benzene ring substituents is 1. The Morgan fingerprint density at radius 3 is 2.16 bits per heavy atom. The summed E-state index contributed by atoms with van der Waals surface area (Å²) in [4.78, 5) is 27.1. The Balaban J connectivity index is 2.80. The van der Waals surface area contributed by atoms with Crippen LogP contribution < -0.4 is 0 Å². The highest BCUT2D eigenvalue weighted by Crippen LogP contribution is 2.23. The van der Waals surface area contributed by atoms with E-state index < -0.39 is 4.92 Å². The maximum atomic E-state index is 12.7. The van der Waals surface area contributed by atoms with Crippen molar-refractivity contribution in [3.8, 4) is 0 Å². The second-order valence-electron chi connectivity index (χ2n) is 7.53. The average Bonchev–Trinajstić information content (AvgIpc) is 2.52. The quantitative estimate of drug-likeness (QED) is 0.503. The summed E-state index contributed by atoms with van der Waals surface area (Å²) in [6.07, 6.45) is 0. The van der Waals surface area contributed by atoms with Crippen molar-refractivity contribution in [3.63, 3.8) is 0 Å². The Kier molecular flexibility index (Phi) is 8.03. The topological polar surface area (TPSA) is 66.7 Å². The van der Waals surface area contributed by atoms with Gasteiger partial charge >= 0.3 is 0 Å². The van der Waals surface area contributed by atoms with E-state index in [0.717, 1.165) is 18.7 Å². The van der Waals surface area contributed by atoms with E-state index in [1.807, 2.05) is 29.8 Å². The van der Waals surface area contributed by atoms with Crippen molar-refractivity contribution >= 4 is 11.6 Å². The number of rotatable bonds is 9. The summed E-state index contributed by atoms with van der Waals surface area (Å²) < 4.78 is 0. The van der Waals surface area contributed by atoms with Gasteiger partial charge in [-0.1, -0.05) is 39.8 Å². The van der Waals surface area contributed by atoms with Gasteiger partial charge in [0, 0.05) is 31.3 Å². The van der Waals surface area contributed by atoms with Gasteiger partial charge in [0.2, 0.25) is 5.91 Å². The van der Waals surface area contributed by atoms with Crippen LogP contribution in [0.2, 0.25) is 0 Å². The second-order valence-corrected chi connectivity index (χ2v) is 7.53. The lowest BCUT2D eigenvalue weighted by Crippen LogP contribution is -2.43. The van der Waals surface area contributed by atoms with Crippen LogP contribution >= 0.6 is 0 Å². The molecule has 0 heterocycles. The molecule has 0 saturated carbocycles. The minimum atomic E-state index is -0.394. The number of nitro groups is 1. The molecule has 0 spiro atoms. The summed E-state index contributed by atoms with van der Waals surface area (Å²) in [6.45, 7) is 12.2. The summed E-state index contributed by atoms with van der Waals surface area (Å²) >= 11 is 0. The van der Waals surface area contributed by atoms with Crippen molar-refractivity contribution < 1.29 is 9.72 Å². The molecule has 6 heteroatoms. The standard InChI is InChI=1S/C19H31N3O3/c1-14(2)11-21(12-15(3)4)19(23)13-20(6)16(5)17-8-7-9-18(10-17)22(24)25/h7-10,14-16H,11-13H2,1-6H3/t16-/m0/s1. The fourth-order valence-electron chi connectivity index (χ4n) is 2.76. The van der Waals surface area contributed by atoms with E-state index in [1.54, 1.807) is 12.1 Å². The molecule has 0 radical (unpaired) electrons. The largest absolute Gasteiger partial charge is 0.341 e. The molecule has 1 aromatic rings.